The number of piperidine rings is 1. The molecule has 0 aromatic carbocycles. The van der Waals surface area contributed by atoms with E-state index in [2.05, 4.69) is 43.5 Å². The monoisotopic (exact) mass is 238 g/mol. The zero-order valence-electron chi connectivity index (χ0n) is 10.5. The Morgan fingerprint density at radius 1 is 1.50 bits per heavy atom. The average Bonchev–Trinajstić information content (AvgIpc) is 2.62. The van der Waals surface area contributed by atoms with Crippen LogP contribution in [0.2, 0.25) is 0 Å². The highest BCUT2D eigenvalue weighted by Gasteiger charge is 2.31. The molecular formula is C13H22N2S. The molecule has 2 nitrogen and oxygen atoms in total. The fourth-order valence-electron chi connectivity index (χ4n) is 2.35. The summed E-state index contributed by atoms with van der Waals surface area (Å²) in [4.78, 5) is 2.85. The summed E-state index contributed by atoms with van der Waals surface area (Å²) in [6.07, 6.45) is 1.23. The van der Waals surface area contributed by atoms with Crippen LogP contribution in [0.3, 0.4) is 0 Å². The van der Waals surface area contributed by atoms with Gasteiger partial charge in [-0.05, 0) is 37.4 Å². The number of thiophene rings is 1. The van der Waals surface area contributed by atoms with Gasteiger partial charge < -0.3 is 10.6 Å². The average molecular weight is 238 g/mol. The van der Waals surface area contributed by atoms with Crippen molar-refractivity contribution < 1.29 is 0 Å². The molecule has 1 saturated heterocycles. The van der Waals surface area contributed by atoms with Gasteiger partial charge in [0, 0.05) is 28.9 Å². The van der Waals surface area contributed by atoms with Crippen molar-refractivity contribution in [1.29, 1.82) is 0 Å². The van der Waals surface area contributed by atoms with Gasteiger partial charge in [-0.2, -0.15) is 0 Å². The summed E-state index contributed by atoms with van der Waals surface area (Å²) in [7, 11) is 0. The molecule has 1 unspecified atom stereocenters. The minimum absolute atomic E-state index is 0.366. The van der Waals surface area contributed by atoms with E-state index >= 15 is 0 Å². The third kappa shape index (κ3) is 2.84. The maximum Gasteiger partial charge on any atom is 0.0302 e. The highest BCUT2D eigenvalue weighted by molar-refractivity contribution is 7.11. The smallest absolute Gasteiger partial charge is 0.0302 e. The molecule has 90 valence electrons. The van der Waals surface area contributed by atoms with Crippen LogP contribution in [0, 0.1) is 12.3 Å². The van der Waals surface area contributed by atoms with Gasteiger partial charge in [0.25, 0.3) is 0 Å². The van der Waals surface area contributed by atoms with Crippen molar-refractivity contribution in [1.82, 2.24) is 10.6 Å². The molecule has 0 spiro atoms. The highest BCUT2D eigenvalue weighted by atomic mass is 32.1. The van der Waals surface area contributed by atoms with Crippen molar-refractivity contribution in [3.63, 3.8) is 0 Å². The quantitative estimate of drug-likeness (QED) is 0.845. The molecule has 1 fully saturated rings. The lowest BCUT2D eigenvalue weighted by Gasteiger charge is -2.39. The van der Waals surface area contributed by atoms with E-state index in [1.807, 2.05) is 11.3 Å². The molecule has 1 aromatic rings. The second kappa shape index (κ2) is 4.86. The van der Waals surface area contributed by atoms with Gasteiger partial charge in [-0.15, -0.1) is 11.3 Å². The van der Waals surface area contributed by atoms with E-state index in [1.54, 1.807) is 0 Å². The molecule has 2 heterocycles. The van der Waals surface area contributed by atoms with Gasteiger partial charge in [-0.1, -0.05) is 13.8 Å². The molecule has 3 heteroatoms. The lowest BCUT2D eigenvalue weighted by molar-refractivity contribution is 0.184. The number of hydrogen-bond acceptors (Lipinski definition) is 3. The minimum Gasteiger partial charge on any atom is -0.316 e. The Balaban J connectivity index is 1.89. The highest BCUT2D eigenvalue weighted by Crippen LogP contribution is 2.25. The molecule has 1 aliphatic heterocycles. The Morgan fingerprint density at radius 3 is 2.94 bits per heavy atom. The van der Waals surface area contributed by atoms with Crippen molar-refractivity contribution in [2.75, 3.05) is 13.1 Å². The van der Waals surface area contributed by atoms with Crippen LogP contribution in [0.4, 0.5) is 0 Å². The fourth-order valence-corrected chi connectivity index (χ4v) is 3.19. The number of aryl methyl sites for hydroxylation is 1. The van der Waals surface area contributed by atoms with Crippen LogP contribution in [0.25, 0.3) is 0 Å². The minimum atomic E-state index is 0.366. The first-order valence-electron chi connectivity index (χ1n) is 6.07. The van der Waals surface area contributed by atoms with Gasteiger partial charge >= 0.3 is 0 Å². The van der Waals surface area contributed by atoms with Crippen molar-refractivity contribution in [3.8, 4) is 0 Å². The van der Waals surface area contributed by atoms with Crippen molar-refractivity contribution in [2.24, 2.45) is 5.41 Å². The molecule has 2 rings (SSSR count). The molecule has 2 N–H and O–H groups in total. The van der Waals surface area contributed by atoms with Crippen LogP contribution in [0.15, 0.2) is 12.1 Å². The van der Waals surface area contributed by atoms with E-state index in [1.165, 1.54) is 16.2 Å². The Morgan fingerprint density at radius 2 is 2.31 bits per heavy atom. The van der Waals surface area contributed by atoms with E-state index in [4.69, 9.17) is 0 Å². The third-order valence-electron chi connectivity index (χ3n) is 3.45. The fraction of sp³-hybridized carbons (Fsp3) is 0.692. The predicted octanol–water partition coefficient (Wildman–Crippen LogP) is 2.53. The van der Waals surface area contributed by atoms with Crippen LogP contribution in [0.5, 0.6) is 0 Å². The van der Waals surface area contributed by atoms with E-state index in [0.717, 1.165) is 19.6 Å². The summed E-state index contributed by atoms with van der Waals surface area (Å²) in [6.45, 7) is 10.1. The second-order valence-electron chi connectivity index (χ2n) is 5.40. The van der Waals surface area contributed by atoms with Crippen molar-refractivity contribution in [3.05, 3.63) is 21.9 Å². The molecule has 0 radical (unpaired) electrons. The largest absolute Gasteiger partial charge is 0.316 e. The summed E-state index contributed by atoms with van der Waals surface area (Å²) >= 11 is 1.90. The number of rotatable bonds is 3. The summed E-state index contributed by atoms with van der Waals surface area (Å²) in [5.41, 5.74) is 0.366. The zero-order chi connectivity index (χ0) is 11.6. The summed E-state index contributed by atoms with van der Waals surface area (Å²) < 4.78 is 0. The molecule has 0 saturated carbocycles. The first kappa shape index (κ1) is 12.1. The topological polar surface area (TPSA) is 24.1 Å². The molecule has 0 aliphatic carbocycles. The normalized spacial score (nSPS) is 24.6. The summed E-state index contributed by atoms with van der Waals surface area (Å²) in [5, 5.41) is 7.18. The molecule has 1 aromatic heterocycles. The van der Waals surface area contributed by atoms with Gasteiger partial charge in [-0.3, -0.25) is 0 Å². The van der Waals surface area contributed by atoms with E-state index in [9.17, 15) is 0 Å². The van der Waals surface area contributed by atoms with Crippen molar-refractivity contribution >= 4 is 11.3 Å². The maximum atomic E-state index is 3.71. The van der Waals surface area contributed by atoms with Gasteiger partial charge in [0.1, 0.15) is 0 Å². The molecule has 0 amide bonds. The molecule has 1 atom stereocenters. The third-order valence-corrected chi connectivity index (χ3v) is 4.45. The molecule has 1 aliphatic rings. The van der Waals surface area contributed by atoms with Crippen LogP contribution in [-0.4, -0.2) is 19.1 Å². The van der Waals surface area contributed by atoms with Gasteiger partial charge in [0.2, 0.25) is 0 Å². The molecule has 0 bridgehead atoms. The Bertz CT molecular complexity index is 343. The Kier molecular flexibility index (Phi) is 3.67. The first-order chi connectivity index (χ1) is 7.58. The van der Waals surface area contributed by atoms with E-state index in [-0.39, 0.29) is 0 Å². The maximum absolute atomic E-state index is 3.71. The van der Waals surface area contributed by atoms with Gasteiger partial charge in [0.05, 0.1) is 0 Å². The van der Waals surface area contributed by atoms with Crippen LogP contribution < -0.4 is 10.6 Å². The van der Waals surface area contributed by atoms with E-state index in [0.29, 0.717) is 11.5 Å². The van der Waals surface area contributed by atoms with Crippen LogP contribution in [-0.2, 0) is 6.54 Å². The lowest BCUT2D eigenvalue weighted by atomic mass is 9.80. The summed E-state index contributed by atoms with van der Waals surface area (Å²) in [6, 6.07) is 5.08. The number of nitrogens with one attached hydrogen (secondary N) is 2. The lowest BCUT2D eigenvalue weighted by Crippen LogP contribution is -2.52. The first-order valence-corrected chi connectivity index (χ1v) is 6.89. The standard InChI is InChI=1S/C13H22N2S/c1-10-4-5-11(16-10)8-15-12-6-7-14-9-13(12,2)3/h4-5,12,14-15H,6-9H2,1-3H3. The van der Waals surface area contributed by atoms with Crippen LogP contribution >= 0.6 is 11.3 Å². The number of hydrogen-bond donors (Lipinski definition) is 2. The van der Waals surface area contributed by atoms with E-state index < -0.39 is 0 Å². The van der Waals surface area contributed by atoms with Crippen LogP contribution in [0.1, 0.15) is 30.0 Å². The predicted molar refractivity (Wildman–Crippen MR) is 71.0 cm³/mol. The Labute approximate surface area is 102 Å². The summed E-state index contributed by atoms with van der Waals surface area (Å²) in [5.74, 6) is 0. The van der Waals surface area contributed by atoms with Gasteiger partial charge in [0.15, 0.2) is 0 Å². The Hall–Kier alpha value is -0.380. The molecular weight excluding hydrogens is 216 g/mol. The molecule has 16 heavy (non-hydrogen) atoms. The second-order valence-corrected chi connectivity index (χ2v) is 6.77. The SMILES string of the molecule is Cc1ccc(CNC2CCNCC2(C)C)s1. The van der Waals surface area contributed by atoms with Crippen molar-refractivity contribution in [2.45, 2.75) is 39.8 Å². The zero-order valence-corrected chi connectivity index (χ0v) is 11.3. The van der Waals surface area contributed by atoms with Gasteiger partial charge in [-0.25, -0.2) is 0 Å².